The molecule has 0 saturated carbocycles. The lowest BCUT2D eigenvalue weighted by atomic mass is 10.3. The van der Waals surface area contributed by atoms with E-state index in [2.05, 4.69) is 10.0 Å². The van der Waals surface area contributed by atoms with E-state index < -0.39 is 16.0 Å². The summed E-state index contributed by atoms with van der Waals surface area (Å²) < 4.78 is 31.2. The lowest BCUT2D eigenvalue weighted by Gasteiger charge is -2.10. The van der Waals surface area contributed by atoms with Crippen LogP contribution >= 0.6 is 0 Å². The molecule has 0 aliphatic carbocycles. The predicted molar refractivity (Wildman–Crippen MR) is 85.9 cm³/mol. The second-order valence-corrected chi connectivity index (χ2v) is 6.55. The highest BCUT2D eigenvalue weighted by atomic mass is 32.2. The Balaban J connectivity index is 2.86. The minimum Gasteiger partial charge on any atom is -0.462 e. The Morgan fingerprint density at radius 3 is 2.43 bits per heavy atom. The molecular weight excluding hydrogens is 318 g/mol. The molecule has 0 aliphatic heterocycles. The molecule has 8 heteroatoms. The lowest BCUT2D eigenvalue weighted by molar-refractivity contribution is -0.138. The summed E-state index contributed by atoms with van der Waals surface area (Å²) in [7, 11) is -3.55. The molecule has 1 aromatic carbocycles. The van der Waals surface area contributed by atoms with E-state index >= 15 is 0 Å². The van der Waals surface area contributed by atoms with Gasteiger partial charge in [-0.3, -0.25) is 0 Å². The fourth-order valence-corrected chi connectivity index (χ4v) is 2.86. The molecule has 0 saturated heterocycles. The molecule has 1 aromatic rings. The van der Waals surface area contributed by atoms with Crippen LogP contribution in [-0.2, 0) is 19.6 Å². The average molecular weight is 337 g/mol. The largest absolute Gasteiger partial charge is 0.462 e. The molecule has 1 rings (SSSR count). The number of nitriles is 1. The summed E-state index contributed by atoms with van der Waals surface area (Å²) in [6.45, 7) is 5.28. The number of benzene rings is 1. The number of esters is 1. The zero-order valence-corrected chi connectivity index (χ0v) is 14.0. The smallest absolute Gasteiger partial charge is 0.350 e. The third-order valence-electron chi connectivity index (χ3n) is 2.55. The maximum atomic E-state index is 12.0. The number of hydrogen-bond donors (Lipinski definition) is 2. The molecule has 0 aliphatic rings. The maximum Gasteiger partial charge on any atom is 0.350 e. The van der Waals surface area contributed by atoms with Gasteiger partial charge in [-0.1, -0.05) is 0 Å². The van der Waals surface area contributed by atoms with E-state index in [-0.39, 0.29) is 23.1 Å². The second-order valence-electron chi connectivity index (χ2n) is 4.83. The van der Waals surface area contributed by atoms with E-state index in [1.54, 1.807) is 26.8 Å². The van der Waals surface area contributed by atoms with Crippen molar-refractivity contribution in [1.29, 1.82) is 5.26 Å². The first-order chi connectivity index (χ1) is 10.8. The van der Waals surface area contributed by atoms with Crippen LogP contribution in [0.3, 0.4) is 0 Å². The number of nitrogens with one attached hydrogen (secondary N) is 2. The van der Waals surface area contributed by atoms with E-state index in [0.717, 1.165) is 0 Å². The van der Waals surface area contributed by atoms with Gasteiger partial charge in [0.05, 0.1) is 11.5 Å². The molecule has 0 heterocycles. The van der Waals surface area contributed by atoms with Crippen molar-refractivity contribution in [2.24, 2.45) is 0 Å². The molecular formula is C15H19N3O4S. The number of nitrogens with zero attached hydrogens (tertiary/aromatic N) is 1. The summed E-state index contributed by atoms with van der Waals surface area (Å²) in [4.78, 5) is 11.6. The van der Waals surface area contributed by atoms with Crippen LogP contribution in [0, 0.1) is 11.3 Å². The van der Waals surface area contributed by atoms with Crippen LogP contribution in [0.15, 0.2) is 40.9 Å². The van der Waals surface area contributed by atoms with Gasteiger partial charge in [0.15, 0.2) is 5.57 Å². The van der Waals surface area contributed by atoms with Crippen LogP contribution in [0.4, 0.5) is 5.69 Å². The molecule has 0 radical (unpaired) electrons. The van der Waals surface area contributed by atoms with Crippen molar-refractivity contribution in [1.82, 2.24) is 4.72 Å². The molecule has 7 nitrogen and oxygen atoms in total. The Kier molecular flexibility index (Phi) is 6.75. The van der Waals surface area contributed by atoms with Gasteiger partial charge in [0.25, 0.3) is 0 Å². The van der Waals surface area contributed by atoms with Crippen molar-refractivity contribution in [2.75, 3.05) is 11.9 Å². The van der Waals surface area contributed by atoms with Gasteiger partial charge in [0.1, 0.15) is 6.07 Å². The van der Waals surface area contributed by atoms with Crippen molar-refractivity contribution < 1.29 is 17.9 Å². The zero-order valence-electron chi connectivity index (χ0n) is 13.2. The van der Waals surface area contributed by atoms with Gasteiger partial charge in [-0.05, 0) is 45.0 Å². The Morgan fingerprint density at radius 2 is 1.96 bits per heavy atom. The third-order valence-corrected chi connectivity index (χ3v) is 4.23. The van der Waals surface area contributed by atoms with Gasteiger partial charge in [-0.2, -0.15) is 5.26 Å². The van der Waals surface area contributed by atoms with Crippen LogP contribution in [0.2, 0.25) is 0 Å². The number of hydrogen-bond acceptors (Lipinski definition) is 6. The molecule has 0 bridgehead atoms. The highest BCUT2D eigenvalue weighted by Gasteiger charge is 2.15. The summed E-state index contributed by atoms with van der Waals surface area (Å²) in [6.07, 6.45) is 1.22. The fourth-order valence-electron chi connectivity index (χ4n) is 1.61. The summed E-state index contributed by atoms with van der Waals surface area (Å²) in [5, 5.41) is 11.6. The van der Waals surface area contributed by atoms with Crippen molar-refractivity contribution in [3.05, 3.63) is 36.0 Å². The molecule has 0 aromatic heterocycles. The summed E-state index contributed by atoms with van der Waals surface area (Å²) in [5.74, 6) is -0.720. The summed E-state index contributed by atoms with van der Waals surface area (Å²) in [5.41, 5.74) is 0.357. The highest BCUT2D eigenvalue weighted by Crippen LogP contribution is 2.14. The molecule has 0 unspecified atom stereocenters. The van der Waals surface area contributed by atoms with Crippen molar-refractivity contribution in [3.63, 3.8) is 0 Å². The lowest BCUT2D eigenvalue weighted by Crippen LogP contribution is -2.30. The van der Waals surface area contributed by atoms with Gasteiger partial charge in [-0.15, -0.1) is 0 Å². The Hall–Kier alpha value is -2.37. The number of sulfonamides is 1. The normalized spacial score (nSPS) is 11.9. The SMILES string of the molecule is CCOC(=O)/C(C#N)=C\Nc1ccc(S(=O)(=O)NC(C)C)cc1. The van der Waals surface area contributed by atoms with Crippen molar-refractivity contribution in [2.45, 2.75) is 31.7 Å². The second kappa shape index (κ2) is 8.31. The molecule has 0 atom stereocenters. The van der Waals surface area contributed by atoms with Crippen LogP contribution in [-0.4, -0.2) is 27.0 Å². The van der Waals surface area contributed by atoms with E-state index in [4.69, 9.17) is 10.00 Å². The fraction of sp³-hybridized carbons (Fsp3) is 0.333. The number of carbonyl (C=O) groups is 1. The van der Waals surface area contributed by atoms with Crippen LogP contribution in [0.1, 0.15) is 20.8 Å². The van der Waals surface area contributed by atoms with Gasteiger partial charge >= 0.3 is 5.97 Å². The van der Waals surface area contributed by atoms with Crippen LogP contribution in [0.5, 0.6) is 0 Å². The number of anilines is 1. The zero-order chi connectivity index (χ0) is 17.5. The first-order valence-electron chi connectivity index (χ1n) is 6.96. The number of carbonyl (C=O) groups excluding carboxylic acids is 1. The first kappa shape index (κ1) is 18.7. The Morgan fingerprint density at radius 1 is 1.35 bits per heavy atom. The molecule has 2 N–H and O–H groups in total. The monoisotopic (exact) mass is 337 g/mol. The standard InChI is InChI=1S/C15H19N3O4S/c1-4-22-15(19)12(9-16)10-17-13-5-7-14(8-6-13)23(20,21)18-11(2)3/h5-8,10-11,17-18H,4H2,1-3H3/b12-10-. The molecule has 0 fully saturated rings. The van der Waals surface area contributed by atoms with Gasteiger partial charge in [0.2, 0.25) is 10.0 Å². The summed E-state index contributed by atoms with van der Waals surface area (Å²) >= 11 is 0. The quantitative estimate of drug-likeness (QED) is 0.446. The topological polar surface area (TPSA) is 108 Å². The summed E-state index contributed by atoms with van der Waals surface area (Å²) in [6, 6.07) is 7.45. The van der Waals surface area contributed by atoms with Crippen LogP contribution in [0.25, 0.3) is 0 Å². The molecule has 0 amide bonds. The molecule has 124 valence electrons. The third kappa shape index (κ3) is 5.73. The maximum absolute atomic E-state index is 12.0. The van der Waals surface area contributed by atoms with E-state index in [1.807, 2.05) is 0 Å². The Bertz CT molecular complexity index is 716. The van der Waals surface area contributed by atoms with Crippen molar-refractivity contribution >= 4 is 21.7 Å². The van der Waals surface area contributed by atoms with Gasteiger partial charge in [-0.25, -0.2) is 17.9 Å². The Labute approximate surface area is 136 Å². The number of ether oxygens (including phenoxy) is 1. The minimum atomic E-state index is -3.55. The predicted octanol–water partition coefficient (Wildman–Crippen LogP) is 1.76. The highest BCUT2D eigenvalue weighted by molar-refractivity contribution is 7.89. The van der Waals surface area contributed by atoms with Crippen LogP contribution < -0.4 is 10.0 Å². The average Bonchev–Trinajstić information content (AvgIpc) is 2.47. The van der Waals surface area contributed by atoms with E-state index in [9.17, 15) is 13.2 Å². The first-order valence-corrected chi connectivity index (χ1v) is 8.44. The van der Waals surface area contributed by atoms with E-state index in [1.165, 1.54) is 30.5 Å². The molecule has 0 spiro atoms. The van der Waals surface area contributed by atoms with Gasteiger partial charge < -0.3 is 10.1 Å². The van der Waals surface area contributed by atoms with Crippen molar-refractivity contribution in [3.8, 4) is 6.07 Å². The van der Waals surface area contributed by atoms with Gasteiger partial charge in [0, 0.05) is 17.9 Å². The molecule has 23 heavy (non-hydrogen) atoms. The van der Waals surface area contributed by atoms with E-state index in [0.29, 0.717) is 5.69 Å². The number of rotatable bonds is 7. The minimum absolute atomic E-state index is 0.131.